The summed E-state index contributed by atoms with van der Waals surface area (Å²) in [5, 5.41) is 2.98. The van der Waals surface area contributed by atoms with Crippen molar-refractivity contribution in [2.24, 2.45) is 0 Å². The number of hydrogen-bond donors (Lipinski definition) is 1. The molecular weight excluding hydrogens is 372 g/mol. The fraction of sp³-hybridized carbons (Fsp3) is 0.231. The fourth-order valence-electron chi connectivity index (χ4n) is 3.93. The molecule has 152 valence electrons. The summed E-state index contributed by atoms with van der Waals surface area (Å²) in [6.45, 7) is 2.75. The van der Waals surface area contributed by atoms with Crippen LogP contribution in [-0.4, -0.2) is 18.4 Å². The van der Waals surface area contributed by atoms with Crippen LogP contribution in [0.4, 0.5) is 11.4 Å². The van der Waals surface area contributed by atoms with E-state index >= 15 is 0 Å². The Hall–Kier alpha value is -3.40. The number of amides is 2. The maximum Gasteiger partial charge on any atom is 0.228 e. The second-order valence-corrected chi connectivity index (χ2v) is 7.79. The van der Waals surface area contributed by atoms with E-state index in [4.69, 9.17) is 0 Å². The average Bonchev–Trinajstić information content (AvgIpc) is 2.76. The van der Waals surface area contributed by atoms with Gasteiger partial charge in [-0.25, -0.2) is 0 Å². The number of aryl methyl sites for hydroxylation is 1. The summed E-state index contributed by atoms with van der Waals surface area (Å²) in [6, 6.07) is 24.0. The molecule has 1 fully saturated rings. The molecule has 0 radical (unpaired) electrons. The molecule has 0 unspecified atom stereocenters. The van der Waals surface area contributed by atoms with E-state index in [1.54, 1.807) is 0 Å². The van der Waals surface area contributed by atoms with Crippen molar-refractivity contribution in [3.63, 3.8) is 0 Å². The Labute approximate surface area is 177 Å². The SMILES string of the molecule is Cc1cc(NC(=O)Cc2ccc(-c3ccccc3)cc2)ccc1N1CCCCC1=O. The van der Waals surface area contributed by atoms with Gasteiger partial charge in [0.05, 0.1) is 6.42 Å². The van der Waals surface area contributed by atoms with E-state index in [1.165, 1.54) is 0 Å². The van der Waals surface area contributed by atoms with Crippen molar-refractivity contribution in [2.75, 3.05) is 16.8 Å². The zero-order valence-corrected chi connectivity index (χ0v) is 17.2. The van der Waals surface area contributed by atoms with Crippen molar-refractivity contribution < 1.29 is 9.59 Å². The van der Waals surface area contributed by atoms with Crippen LogP contribution >= 0.6 is 0 Å². The zero-order valence-electron chi connectivity index (χ0n) is 17.2. The first-order valence-corrected chi connectivity index (χ1v) is 10.5. The van der Waals surface area contributed by atoms with Crippen LogP contribution in [-0.2, 0) is 16.0 Å². The third-order valence-corrected chi connectivity index (χ3v) is 5.52. The smallest absolute Gasteiger partial charge is 0.228 e. The first-order chi connectivity index (χ1) is 14.6. The molecule has 0 bridgehead atoms. The Kier molecular flexibility index (Phi) is 5.94. The quantitative estimate of drug-likeness (QED) is 0.629. The summed E-state index contributed by atoms with van der Waals surface area (Å²) in [4.78, 5) is 26.6. The largest absolute Gasteiger partial charge is 0.326 e. The van der Waals surface area contributed by atoms with Crippen molar-refractivity contribution >= 4 is 23.2 Å². The van der Waals surface area contributed by atoms with Crippen LogP contribution in [0.1, 0.15) is 30.4 Å². The molecule has 3 aromatic rings. The second-order valence-electron chi connectivity index (χ2n) is 7.79. The van der Waals surface area contributed by atoms with Gasteiger partial charge in [0.25, 0.3) is 0 Å². The predicted molar refractivity (Wildman–Crippen MR) is 122 cm³/mol. The molecule has 1 heterocycles. The Balaban J connectivity index is 1.39. The lowest BCUT2D eigenvalue weighted by Crippen LogP contribution is -2.35. The Morgan fingerprint density at radius 1 is 0.933 bits per heavy atom. The minimum atomic E-state index is -0.0522. The maximum absolute atomic E-state index is 12.5. The van der Waals surface area contributed by atoms with E-state index in [0.29, 0.717) is 12.8 Å². The number of hydrogen-bond acceptors (Lipinski definition) is 2. The molecule has 4 heteroatoms. The van der Waals surface area contributed by atoms with Gasteiger partial charge in [-0.15, -0.1) is 0 Å². The molecule has 1 aliphatic rings. The highest BCUT2D eigenvalue weighted by Crippen LogP contribution is 2.27. The molecule has 1 N–H and O–H groups in total. The van der Waals surface area contributed by atoms with Gasteiger partial charge in [0.15, 0.2) is 0 Å². The highest BCUT2D eigenvalue weighted by molar-refractivity contribution is 5.96. The summed E-state index contributed by atoms with van der Waals surface area (Å²) in [5.41, 5.74) is 5.96. The van der Waals surface area contributed by atoms with Crippen LogP contribution in [0, 0.1) is 6.92 Å². The van der Waals surface area contributed by atoms with Gasteiger partial charge < -0.3 is 10.2 Å². The molecule has 0 aliphatic carbocycles. The van der Waals surface area contributed by atoms with Gasteiger partial charge in [-0.2, -0.15) is 0 Å². The van der Waals surface area contributed by atoms with Crippen LogP contribution in [0.15, 0.2) is 72.8 Å². The highest BCUT2D eigenvalue weighted by atomic mass is 16.2. The first kappa shape index (κ1) is 19.9. The zero-order chi connectivity index (χ0) is 20.9. The highest BCUT2D eigenvalue weighted by Gasteiger charge is 2.21. The molecule has 30 heavy (non-hydrogen) atoms. The van der Waals surface area contributed by atoms with Crippen LogP contribution in [0.3, 0.4) is 0 Å². The van der Waals surface area contributed by atoms with E-state index in [1.807, 2.05) is 72.5 Å². The van der Waals surface area contributed by atoms with Crippen molar-refractivity contribution in [3.05, 3.63) is 83.9 Å². The third-order valence-electron chi connectivity index (χ3n) is 5.52. The van der Waals surface area contributed by atoms with Crippen LogP contribution < -0.4 is 10.2 Å². The fourth-order valence-corrected chi connectivity index (χ4v) is 3.93. The third kappa shape index (κ3) is 4.60. The van der Waals surface area contributed by atoms with Crippen LogP contribution in [0.25, 0.3) is 11.1 Å². The van der Waals surface area contributed by atoms with E-state index in [9.17, 15) is 9.59 Å². The van der Waals surface area contributed by atoms with E-state index < -0.39 is 0 Å². The van der Waals surface area contributed by atoms with Gasteiger partial charge in [0.2, 0.25) is 11.8 Å². The minimum Gasteiger partial charge on any atom is -0.326 e. The number of nitrogens with one attached hydrogen (secondary N) is 1. The molecule has 2 amide bonds. The summed E-state index contributed by atoms with van der Waals surface area (Å²) in [7, 11) is 0. The van der Waals surface area contributed by atoms with Crippen molar-refractivity contribution in [1.29, 1.82) is 0 Å². The lowest BCUT2D eigenvalue weighted by atomic mass is 10.0. The monoisotopic (exact) mass is 398 g/mol. The number of nitrogens with zero attached hydrogens (tertiary/aromatic N) is 1. The molecular formula is C26H26N2O2. The van der Waals surface area contributed by atoms with Crippen molar-refractivity contribution in [1.82, 2.24) is 0 Å². The molecule has 0 saturated carbocycles. The Bertz CT molecular complexity index is 1040. The number of piperidine rings is 1. The number of benzene rings is 3. The molecule has 0 spiro atoms. The van der Waals surface area contributed by atoms with Crippen molar-refractivity contribution in [2.45, 2.75) is 32.6 Å². The van der Waals surface area contributed by atoms with Crippen molar-refractivity contribution in [3.8, 4) is 11.1 Å². The standard InChI is InChI=1S/C26H26N2O2/c1-19-17-23(14-15-24(19)28-16-6-5-9-26(28)30)27-25(29)18-20-10-12-22(13-11-20)21-7-3-2-4-8-21/h2-4,7-8,10-15,17H,5-6,9,16,18H2,1H3,(H,27,29). The summed E-state index contributed by atoms with van der Waals surface area (Å²) in [6.07, 6.45) is 2.93. The van der Waals surface area contributed by atoms with E-state index in [2.05, 4.69) is 17.4 Å². The summed E-state index contributed by atoms with van der Waals surface area (Å²) >= 11 is 0. The second kappa shape index (κ2) is 8.95. The molecule has 1 aliphatic heterocycles. The Morgan fingerprint density at radius 2 is 1.67 bits per heavy atom. The normalized spacial score (nSPS) is 13.9. The lowest BCUT2D eigenvalue weighted by Gasteiger charge is -2.28. The lowest BCUT2D eigenvalue weighted by molar-refractivity contribution is -0.119. The summed E-state index contributed by atoms with van der Waals surface area (Å²) < 4.78 is 0. The minimum absolute atomic E-state index is 0.0522. The Morgan fingerprint density at radius 3 is 2.37 bits per heavy atom. The average molecular weight is 399 g/mol. The molecule has 4 nitrogen and oxygen atoms in total. The molecule has 3 aromatic carbocycles. The summed E-state index contributed by atoms with van der Waals surface area (Å²) in [5.74, 6) is 0.128. The van der Waals surface area contributed by atoms with Gasteiger partial charge >= 0.3 is 0 Å². The molecule has 0 atom stereocenters. The van der Waals surface area contributed by atoms with Crippen LogP contribution in [0.5, 0.6) is 0 Å². The maximum atomic E-state index is 12.5. The van der Waals surface area contributed by atoms with Gasteiger partial charge in [0.1, 0.15) is 0 Å². The predicted octanol–water partition coefficient (Wildman–Crippen LogP) is 5.36. The molecule has 4 rings (SSSR count). The van der Waals surface area contributed by atoms with E-state index in [-0.39, 0.29) is 11.8 Å². The van der Waals surface area contributed by atoms with Gasteiger partial charge in [-0.05, 0) is 60.2 Å². The molecule has 0 aromatic heterocycles. The number of carbonyl (C=O) groups is 2. The van der Waals surface area contributed by atoms with Gasteiger partial charge in [-0.3, -0.25) is 9.59 Å². The van der Waals surface area contributed by atoms with Gasteiger partial charge in [-0.1, -0.05) is 54.6 Å². The number of anilines is 2. The topological polar surface area (TPSA) is 49.4 Å². The molecule has 1 saturated heterocycles. The van der Waals surface area contributed by atoms with Gasteiger partial charge in [0, 0.05) is 24.3 Å². The first-order valence-electron chi connectivity index (χ1n) is 10.5. The number of rotatable bonds is 5. The number of carbonyl (C=O) groups excluding carboxylic acids is 2. The van der Waals surface area contributed by atoms with E-state index in [0.717, 1.165) is 53.0 Å². The van der Waals surface area contributed by atoms with Crippen LogP contribution in [0.2, 0.25) is 0 Å².